The van der Waals surface area contributed by atoms with Crippen molar-refractivity contribution in [2.24, 2.45) is 0 Å². The minimum absolute atomic E-state index is 0.0166. The summed E-state index contributed by atoms with van der Waals surface area (Å²) in [6.07, 6.45) is 3.97. The number of carbonyl (C=O) groups is 2. The fraction of sp³-hybridized carbons (Fsp3) is 0.833. The van der Waals surface area contributed by atoms with Crippen molar-refractivity contribution in [1.29, 1.82) is 0 Å². The van der Waals surface area contributed by atoms with Crippen LogP contribution in [0.3, 0.4) is 0 Å². The molecule has 0 saturated carbocycles. The molecule has 5 nitrogen and oxygen atoms in total. The normalized spacial score (nSPS) is 21.2. The van der Waals surface area contributed by atoms with Crippen molar-refractivity contribution in [3.05, 3.63) is 0 Å². The molecule has 1 aliphatic heterocycles. The van der Waals surface area contributed by atoms with Crippen LogP contribution in [-0.4, -0.2) is 60.0 Å². The molecule has 1 aliphatic rings. The van der Waals surface area contributed by atoms with Crippen molar-refractivity contribution in [3.63, 3.8) is 0 Å². The van der Waals surface area contributed by atoms with E-state index in [1.807, 2.05) is 7.05 Å². The standard InChI is InChI=1S/C12H22N2O3/c1-13-7-4-3-5-10(13)9-11(15)14(2)8-6-12(16)17/h10H,3-9H2,1-2H3,(H,16,17). The van der Waals surface area contributed by atoms with Crippen LogP contribution in [0.1, 0.15) is 32.1 Å². The van der Waals surface area contributed by atoms with E-state index in [9.17, 15) is 9.59 Å². The number of hydrogen-bond acceptors (Lipinski definition) is 3. The molecule has 0 aromatic rings. The topological polar surface area (TPSA) is 60.9 Å². The second kappa shape index (κ2) is 6.59. The summed E-state index contributed by atoms with van der Waals surface area (Å²) < 4.78 is 0. The van der Waals surface area contributed by atoms with Crippen LogP contribution in [0.4, 0.5) is 0 Å². The first kappa shape index (κ1) is 14.0. The van der Waals surface area contributed by atoms with Crippen molar-refractivity contribution < 1.29 is 14.7 Å². The van der Waals surface area contributed by atoms with Gasteiger partial charge in [0.2, 0.25) is 5.91 Å². The predicted molar refractivity (Wildman–Crippen MR) is 64.8 cm³/mol. The Balaban J connectivity index is 2.34. The van der Waals surface area contributed by atoms with Crippen molar-refractivity contribution in [2.45, 2.75) is 38.1 Å². The van der Waals surface area contributed by atoms with Gasteiger partial charge in [-0.15, -0.1) is 0 Å². The zero-order chi connectivity index (χ0) is 12.8. The zero-order valence-corrected chi connectivity index (χ0v) is 10.7. The van der Waals surface area contributed by atoms with Gasteiger partial charge in [0.05, 0.1) is 6.42 Å². The Bertz CT molecular complexity index is 281. The van der Waals surface area contributed by atoms with Gasteiger partial charge in [-0.1, -0.05) is 6.42 Å². The molecule has 1 heterocycles. The molecule has 1 rings (SSSR count). The van der Waals surface area contributed by atoms with Gasteiger partial charge in [-0.25, -0.2) is 0 Å². The van der Waals surface area contributed by atoms with E-state index in [-0.39, 0.29) is 12.3 Å². The fourth-order valence-electron chi connectivity index (χ4n) is 2.15. The van der Waals surface area contributed by atoms with Gasteiger partial charge in [-0.05, 0) is 26.4 Å². The molecule has 1 saturated heterocycles. The second-order valence-corrected chi connectivity index (χ2v) is 4.79. The Morgan fingerprint density at radius 2 is 2.12 bits per heavy atom. The third-order valence-corrected chi connectivity index (χ3v) is 3.42. The lowest BCUT2D eigenvalue weighted by Crippen LogP contribution is -2.41. The molecule has 1 unspecified atom stereocenters. The van der Waals surface area contributed by atoms with Gasteiger partial charge in [0.1, 0.15) is 0 Å². The summed E-state index contributed by atoms with van der Waals surface area (Å²) in [4.78, 5) is 26.1. The highest BCUT2D eigenvalue weighted by molar-refractivity contribution is 5.77. The highest BCUT2D eigenvalue weighted by atomic mass is 16.4. The molecule has 1 fully saturated rings. The van der Waals surface area contributed by atoms with Gasteiger partial charge < -0.3 is 14.9 Å². The molecule has 0 aliphatic carbocycles. The smallest absolute Gasteiger partial charge is 0.305 e. The average molecular weight is 242 g/mol. The molecular formula is C12H22N2O3. The second-order valence-electron chi connectivity index (χ2n) is 4.79. The molecule has 17 heavy (non-hydrogen) atoms. The van der Waals surface area contributed by atoms with Gasteiger partial charge in [0, 0.05) is 26.1 Å². The molecule has 0 aromatic heterocycles. The Kier molecular flexibility index (Phi) is 5.41. The maximum absolute atomic E-state index is 11.9. The van der Waals surface area contributed by atoms with Gasteiger partial charge in [0.25, 0.3) is 0 Å². The number of carbonyl (C=O) groups excluding carboxylic acids is 1. The van der Waals surface area contributed by atoms with Crippen molar-refractivity contribution >= 4 is 11.9 Å². The van der Waals surface area contributed by atoms with Crippen molar-refractivity contribution in [3.8, 4) is 0 Å². The average Bonchev–Trinajstić information content (AvgIpc) is 2.28. The summed E-state index contributed by atoms with van der Waals surface area (Å²) in [5, 5.41) is 8.56. The summed E-state index contributed by atoms with van der Waals surface area (Å²) in [5.74, 6) is -0.815. The molecule has 1 N–H and O–H groups in total. The molecule has 0 bridgehead atoms. The maximum atomic E-state index is 11.9. The number of carboxylic acid groups (broad SMARTS) is 1. The minimum atomic E-state index is -0.862. The van der Waals surface area contributed by atoms with E-state index in [0.717, 1.165) is 13.0 Å². The highest BCUT2D eigenvalue weighted by Gasteiger charge is 2.23. The highest BCUT2D eigenvalue weighted by Crippen LogP contribution is 2.18. The van der Waals surface area contributed by atoms with E-state index in [0.29, 0.717) is 19.0 Å². The Labute approximate surface area is 102 Å². The first-order valence-corrected chi connectivity index (χ1v) is 6.16. The lowest BCUT2D eigenvalue weighted by molar-refractivity contribution is -0.138. The number of likely N-dealkylation sites (tertiary alicyclic amines) is 1. The van der Waals surface area contributed by atoms with Crippen LogP contribution in [0.15, 0.2) is 0 Å². The van der Waals surface area contributed by atoms with E-state index >= 15 is 0 Å². The molecule has 1 atom stereocenters. The predicted octanol–water partition coefficient (Wildman–Crippen LogP) is 0.794. The monoisotopic (exact) mass is 242 g/mol. The maximum Gasteiger partial charge on any atom is 0.305 e. The van der Waals surface area contributed by atoms with Gasteiger partial charge in [0.15, 0.2) is 0 Å². The van der Waals surface area contributed by atoms with E-state index in [1.165, 1.54) is 17.7 Å². The zero-order valence-electron chi connectivity index (χ0n) is 10.7. The van der Waals surface area contributed by atoms with Crippen LogP contribution in [0.2, 0.25) is 0 Å². The number of amides is 1. The summed E-state index contributed by atoms with van der Waals surface area (Å²) in [6, 6.07) is 0.323. The molecule has 0 aromatic carbocycles. The van der Waals surface area contributed by atoms with Gasteiger partial charge in [-0.3, -0.25) is 9.59 Å². The first-order chi connectivity index (χ1) is 8.00. The van der Waals surface area contributed by atoms with Crippen LogP contribution >= 0.6 is 0 Å². The molecular weight excluding hydrogens is 220 g/mol. The van der Waals surface area contributed by atoms with Crippen LogP contribution in [0, 0.1) is 0 Å². The minimum Gasteiger partial charge on any atom is -0.481 e. The summed E-state index contributed by atoms with van der Waals surface area (Å²) in [7, 11) is 3.72. The van der Waals surface area contributed by atoms with E-state index in [4.69, 9.17) is 5.11 Å². The Morgan fingerprint density at radius 3 is 2.71 bits per heavy atom. The Hall–Kier alpha value is -1.10. The number of piperidine rings is 1. The number of nitrogens with zero attached hydrogens (tertiary/aromatic N) is 2. The number of hydrogen-bond donors (Lipinski definition) is 1. The summed E-state index contributed by atoms with van der Waals surface area (Å²) in [5.41, 5.74) is 0. The molecule has 5 heteroatoms. The molecule has 0 spiro atoms. The van der Waals surface area contributed by atoms with Gasteiger partial charge >= 0.3 is 5.97 Å². The molecule has 0 radical (unpaired) electrons. The summed E-state index contributed by atoms with van der Waals surface area (Å²) >= 11 is 0. The van der Waals surface area contributed by atoms with Crippen molar-refractivity contribution in [2.75, 3.05) is 27.2 Å². The van der Waals surface area contributed by atoms with E-state index in [1.54, 1.807) is 7.05 Å². The SMILES string of the molecule is CN(CCC(=O)O)C(=O)CC1CCCCN1C. The van der Waals surface area contributed by atoms with Crippen LogP contribution in [0.25, 0.3) is 0 Å². The fourth-order valence-corrected chi connectivity index (χ4v) is 2.15. The number of carboxylic acids is 1. The lowest BCUT2D eigenvalue weighted by Gasteiger charge is -2.33. The number of rotatable bonds is 5. The number of aliphatic carboxylic acids is 1. The quantitative estimate of drug-likeness (QED) is 0.774. The summed E-state index contributed by atoms with van der Waals surface area (Å²) in [6.45, 7) is 1.35. The lowest BCUT2D eigenvalue weighted by atomic mass is 9.99. The third kappa shape index (κ3) is 4.73. The van der Waals surface area contributed by atoms with Gasteiger partial charge in [-0.2, -0.15) is 0 Å². The Morgan fingerprint density at radius 1 is 1.41 bits per heavy atom. The van der Waals surface area contributed by atoms with E-state index in [2.05, 4.69) is 4.90 Å². The third-order valence-electron chi connectivity index (χ3n) is 3.42. The largest absolute Gasteiger partial charge is 0.481 e. The first-order valence-electron chi connectivity index (χ1n) is 6.16. The van der Waals surface area contributed by atoms with Crippen LogP contribution in [0.5, 0.6) is 0 Å². The van der Waals surface area contributed by atoms with Crippen LogP contribution < -0.4 is 0 Å². The molecule has 1 amide bonds. The van der Waals surface area contributed by atoms with Crippen LogP contribution in [-0.2, 0) is 9.59 Å². The molecule has 98 valence electrons. The van der Waals surface area contributed by atoms with Crippen molar-refractivity contribution in [1.82, 2.24) is 9.80 Å². The van der Waals surface area contributed by atoms with E-state index < -0.39 is 5.97 Å².